The van der Waals surface area contributed by atoms with Crippen molar-refractivity contribution < 1.29 is 18.5 Å². The summed E-state index contributed by atoms with van der Waals surface area (Å²) in [5.41, 5.74) is 2.92. The van der Waals surface area contributed by atoms with E-state index < -0.39 is 13.4 Å². The van der Waals surface area contributed by atoms with Crippen LogP contribution < -0.4 is 0 Å². The van der Waals surface area contributed by atoms with E-state index in [1.54, 1.807) is 13.8 Å². The third-order valence-electron chi connectivity index (χ3n) is 5.52. The summed E-state index contributed by atoms with van der Waals surface area (Å²) in [6.07, 6.45) is 3.78. The lowest BCUT2D eigenvalue weighted by atomic mass is 9.77. The number of aromatic nitrogens is 3. The zero-order valence-corrected chi connectivity index (χ0v) is 21.9. The van der Waals surface area contributed by atoms with Crippen LogP contribution in [-0.4, -0.2) is 32.9 Å². The van der Waals surface area contributed by atoms with Crippen molar-refractivity contribution in [3.8, 4) is 0 Å². The van der Waals surface area contributed by atoms with Crippen LogP contribution in [0.4, 0.5) is 0 Å². The van der Waals surface area contributed by atoms with E-state index in [2.05, 4.69) is 93.8 Å². The van der Waals surface area contributed by atoms with Gasteiger partial charge in [-0.05, 0) is 37.0 Å². The number of benzene rings is 3. The first-order valence-corrected chi connectivity index (χ1v) is 13.7. The van der Waals surface area contributed by atoms with Crippen LogP contribution in [0.3, 0.4) is 0 Å². The number of phosphoric acid groups is 1. The standard InChI is InChI=1S/C24H23N3.C4H11O4P/c1-2-12-23-25-19-27(26-23)24(20-13-6-3-7-14-20,21-15-8-4-9-16-21)22-17-10-5-11-18-22;1-3-7-9(5,6)8-4-2/h3-11,13-19H,2,12H2,1H3;3-4H2,1-2H3,(H,5,6). The van der Waals surface area contributed by atoms with Gasteiger partial charge in [-0.3, -0.25) is 9.05 Å². The normalized spacial score (nSPS) is 11.6. The summed E-state index contributed by atoms with van der Waals surface area (Å²) in [4.78, 5) is 13.2. The molecule has 8 heteroatoms. The van der Waals surface area contributed by atoms with E-state index in [0.29, 0.717) is 0 Å². The lowest BCUT2D eigenvalue weighted by Crippen LogP contribution is -2.38. The predicted octanol–water partition coefficient (Wildman–Crippen LogP) is 6.23. The van der Waals surface area contributed by atoms with Crippen molar-refractivity contribution in [3.63, 3.8) is 0 Å². The van der Waals surface area contributed by atoms with Gasteiger partial charge in [-0.25, -0.2) is 14.2 Å². The molecule has 0 spiro atoms. The van der Waals surface area contributed by atoms with Crippen LogP contribution in [0, 0.1) is 0 Å². The highest BCUT2D eigenvalue weighted by Crippen LogP contribution is 2.42. The fraction of sp³-hybridized carbons (Fsp3) is 0.286. The molecule has 0 saturated carbocycles. The van der Waals surface area contributed by atoms with Gasteiger partial charge >= 0.3 is 7.82 Å². The summed E-state index contributed by atoms with van der Waals surface area (Å²) in [7, 11) is -3.69. The van der Waals surface area contributed by atoms with Gasteiger partial charge in [0.2, 0.25) is 0 Å². The van der Waals surface area contributed by atoms with Gasteiger partial charge in [0.25, 0.3) is 0 Å². The molecule has 4 aromatic rings. The Bertz CT molecular complexity index is 1110. The smallest absolute Gasteiger partial charge is 0.302 e. The van der Waals surface area contributed by atoms with Gasteiger partial charge in [-0.2, -0.15) is 5.10 Å². The van der Waals surface area contributed by atoms with Crippen molar-refractivity contribution in [2.24, 2.45) is 0 Å². The highest BCUT2D eigenvalue weighted by molar-refractivity contribution is 7.47. The molecule has 0 unspecified atom stereocenters. The molecule has 4 rings (SSSR count). The van der Waals surface area contributed by atoms with Crippen LogP contribution in [-0.2, 0) is 25.6 Å². The molecule has 0 atom stereocenters. The van der Waals surface area contributed by atoms with E-state index >= 15 is 0 Å². The number of aryl methyl sites for hydroxylation is 1. The second-order valence-corrected chi connectivity index (χ2v) is 9.42. The summed E-state index contributed by atoms with van der Waals surface area (Å²) in [5, 5.41) is 4.91. The molecular weight excluding hydrogens is 473 g/mol. The Morgan fingerprint density at radius 1 is 0.778 bits per heavy atom. The lowest BCUT2D eigenvalue weighted by Gasteiger charge is -2.35. The molecule has 0 radical (unpaired) electrons. The number of hydrogen-bond donors (Lipinski definition) is 1. The quantitative estimate of drug-likeness (QED) is 0.202. The molecular formula is C28H34N3O4P. The SMILES string of the molecule is CCCc1ncn(C(c2ccccc2)(c2ccccc2)c2ccccc2)n1.CCOP(=O)(O)OCC. The summed E-state index contributed by atoms with van der Waals surface area (Å²) in [6.45, 7) is 5.78. The van der Waals surface area contributed by atoms with Gasteiger partial charge in [0.15, 0.2) is 5.82 Å². The minimum absolute atomic E-state index is 0.188. The van der Waals surface area contributed by atoms with Crippen molar-refractivity contribution in [1.29, 1.82) is 0 Å². The molecule has 0 amide bonds. The van der Waals surface area contributed by atoms with Gasteiger partial charge in [0.1, 0.15) is 11.9 Å². The Morgan fingerprint density at radius 3 is 1.56 bits per heavy atom. The number of hydrogen-bond acceptors (Lipinski definition) is 5. The van der Waals surface area contributed by atoms with Crippen LogP contribution in [0.1, 0.15) is 49.7 Å². The maximum Gasteiger partial charge on any atom is 0.472 e. The Balaban J connectivity index is 0.000000345. The molecule has 1 heterocycles. The Labute approximate surface area is 213 Å². The fourth-order valence-corrected chi connectivity index (χ4v) is 4.82. The van der Waals surface area contributed by atoms with Crippen molar-refractivity contribution in [1.82, 2.24) is 14.8 Å². The molecule has 0 aliphatic heterocycles. The van der Waals surface area contributed by atoms with Crippen molar-refractivity contribution in [3.05, 3.63) is 120 Å². The van der Waals surface area contributed by atoms with E-state index in [4.69, 9.17) is 9.99 Å². The van der Waals surface area contributed by atoms with Gasteiger partial charge in [-0.15, -0.1) is 0 Å². The van der Waals surface area contributed by atoms with Crippen LogP contribution in [0.2, 0.25) is 0 Å². The number of nitrogens with zero attached hydrogens (tertiary/aromatic N) is 3. The molecule has 1 N–H and O–H groups in total. The Hall–Kier alpha value is -3.09. The van der Waals surface area contributed by atoms with Gasteiger partial charge in [0.05, 0.1) is 13.2 Å². The summed E-state index contributed by atoms with van der Waals surface area (Å²) >= 11 is 0. The van der Waals surface area contributed by atoms with Gasteiger partial charge in [0, 0.05) is 6.42 Å². The molecule has 36 heavy (non-hydrogen) atoms. The highest BCUT2D eigenvalue weighted by Gasteiger charge is 2.39. The molecule has 0 aliphatic carbocycles. The van der Waals surface area contributed by atoms with Crippen molar-refractivity contribution >= 4 is 7.82 Å². The minimum atomic E-state index is -3.69. The van der Waals surface area contributed by atoms with Crippen molar-refractivity contribution in [2.75, 3.05) is 13.2 Å². The Kier molecular flexibility index (Phi) is 10.1. The third-order valence-corrected chi connectivity index (χ3v) is 6.68. The molecule has 190 valence electrons. The first-order chi connectivity index (χ1) is 17.5. The summed E-state index contributed by atoms with van der Waals surface area (Å²) < 4.78 is 21.3. The second-order valence-electron chi connectivity index (χ2n) is 7.97. The van der Waals surface area contributed by atoms with Gasteiger partial charge < -0.3 is 4.89 Å². The van der Waals surface area contributed by atoms with Crippen LogP contribution in [0.15, 0.2) is 97.3 Å². The minimum Gasteiger partial charge on any atom is -0.302 e. The molecule has 3 aromatic carbocycles. The zero-order valence-electron chi connectivity index (χ0n) is 21.0. The average Bonchev–Trinajstić information content (AvgIpc) is 3.36. The zero-order chi connectivity index (χ0) is 25.9. The second kappa shape index (κ2) is 13.3. The topological polar surface area (TPSA) is 86.5 Å². The van der Waals surface area contributed by atoms with E-state index in [1.165, 1.54) is 0 Å². The summed E-state index contributed by atoms with van der Waals surface area (Å²) in [6, 6.07) is 31.7. The van der Waals surface area contributed by atoms with Crippen molar-refractivity contribution in [2.45, 2.75) is 39.2 Å². The monoisotopic (exact) mass is 507 g/mol. The van der Waals surface area contributed by atoms with Crippen LogP contribution in [0.5, 0.6) is 0 Å². The van der Waals surface area contributed by atoms with E-state index in [0.717, 1.165) is 35.4 Å². The Morgan fingerprint density at radius 2 is 1.19 bits per heavy atom. The first-order valence-electron chi connectivity index (χ1n) is 12.2. The fourth-order valence-electron chi connectivity index (χ4n) is 4.10. The van der Waals surface area contributed by atoms with E-state index in [-0.39, 0.29) is 13.2 Å². The molecule has 0 bridgehead atoms. The van der Waals surface area contributed by atoms with Crippen LogP contribution in [0.25, 0.3) is 0 Å². The number of phosphoric ester groups is 1. The maximum atomic E-state index is 10.5. The maximum absolute atomic E-state index is 10.5. The molecule has 7 nitrogen and oxygen atoms in total. The van der Waals surface area contributed by atoms with E-state index in [9.17, 15) is 4.57 Å². The predicted molar refractivity (Wildman–Crippen MR) is 142 cm³/mol. The highest BCUT2D eigenvalue weighted by atomic mass is 31.2. The molecule has 0 fully saturated rings. The third kappa shape index (κ3) is 6.56. The lowest BCUT2D eigenvalue weighted by molar-refractivity contribution is 0.161. The molecule has 0 aliphatic rings. The molecule has 0 saturated heterocycles. The summed E-state index contributed by atoms with van der Waals surface area (Å²) in [5.74, 6) is 0.879. The average molecular weight is 508 g/mol. The molecule has 1 aromatic heterocycles. The largest absolute Gasteiger partial charge is 0.472 e. The number of rotatable bonds is 10. The van der Waals surface area contributed by atoms with E-state index in [1.807, 2.05) is 29.2 Å². The van der Waals surface area contributed by atoms with Crippen LogP contribution >= 0.6 is 7.82 Å². The first kappa shape index (κ1) is 27.5. The van der Waals surface area contributed by atoms with Gasteiger partial charge in [-0.1, -0.05) is 97.9 Å².